The predicted molar refractivity (Wildman–Crippen MR) is 107 cm³/mol. The molecule has 1 amide bonds. The normalized spacial score (nSPS) is 30.6. The van der Waals surface area contributed by atoms with E-state index < -0.39 is 0 Å². The molecule has 0 bridgehead atoms. The van der Waals surface area contributed by atoms with Gasteiger partial charge in [-0.05, 0) is 63.1 Å². The van der Waals surface area contributed by atoms with Crippen LogP contribution in [0.1, 0.15) is 46.0 Å². The Morgan fingerprint density at radius 1 is 0.885 bits per heavy atom. The SMILES string of the molecule is CCCN1CCN(CCCN2CC3CC(CNC(=O)CC)CC3C2)CC1. The summed E-state index contributed by atoms with van der Waals surface area (Å²) < 4.78 is 0. The van der Waals surface area contributed by atoms with Crippen LogP contribution in [0.25, 0.3) is 0 Å². The molecule has 26 heavy (non-hydrogen) atoms. The number of rotatable bonds is 9. The van der Waals surface area contributed by atoms with E-state index in [4.69, 9.17) is 0 Å². The Hall–Kier alpha value is -0.650. The number of hydrogen-bond donors (Lipinski definition) is 1. The molecule has 150 valence electrons. The van der Waals surface area contributed by atoms with E-state index >= 15 is 0 Å². The lowest BCUT2D eigenvalue weighted by molar-refractivity contribution is -0.120. The fourth-order valence-electron chi connectivity index (χ4n) is 5.33. The summed E-state index contributed by atoms with van der Waals surface area (Å²) in [6, 6.07) is 0. The van der Waals surface area contributed by atoms with Crippen molar-refractivity contribution in [3.05, 3.63) is 0 Å². The van der Waals surface area contributed by atoms with E-state index in [0.717, 1.165) is 24.3 Å². The van der Waals surface area contributed by atoms with E-state index in [2.05, 4.69) is 26.9 Å². The predicted octanol–water partition coefficient (Wildman–Crippen LogP) is 1.89. The van der Waals surface area contributed by atoms with Gasteiger partial charge in [-0.25, -0.2) is 0 Å². The van der Waals surface area contributed by atoms with Gasteiger partial charge in [-0.2, -0.15) is 0 Å². The molecule has 1 N–H and O–H groups in total. The van der Waals surface area contributed by atoms with Crippen molar-refractivity contribution in [1.82, 2.24) is 20.0 Å². The molecule has 2 saturated heterocycles. The lowest BCUT2D eigenvalue weighted by atomic mass is 10.0. The van der Waals surface area contributed by atoms with Gasteiger partial charge in [0.25, 0.3) is 0 Å². The Morgan fingerprint density at radius 2 is 1.46 bits per heavy atom. The highest BCUT2D eigenvalue weighted by atomic mass is 16.1. The third-order valence-corrected chi connectivity index (χ3v) is 6.79. The summed E-state index contributed by atoms with van der Waals surface area (Å²) in [5, 5.41) is 3.09. The maximum atomic E-state index is 11.4. The zero-order valence-electron chi connectivity index (χ0n) is 17.1. The number of carbonyl (C=O) groups is 1. The van der Waals surface area contributed by atoms with E-state index in [1.54, 1.807) is 0 Å². The minimum Gasteiger partial charge on any atom is -0.356 e. The van der Waals surface area contributed by atoms with Crippen molar-refractivity contribution in [2.75, 3.05) is 65.4 Å². The third-order valence-electron chi connectivity index (χ3n) is 6.79. The zero-order chi connectivity index (χ0) is 18.4. The van der Waals surface area contributed by atoms with Crippen LogP contribution in [0.15, 0.2) is 0 Å². The maximum Gasteiger partial charge on any atom is 0.219 e. The highest BCUT2D eigenvalue weighted by Crippen LogP contribution is 2.41. The van der Waals surface area contributed by atoms with E-state index in [9.17, 15) is 4.79 Å². The Morgan fingerprint density at radius 3 is 2.04 bits per heavy atom. The fraction of sp³-hybridized carbons (Fsp3) is 0.952. The molecule has 2 aliphatic heterocycles. The second-order valence-corrected chi connectivity index (χ2v) is 8.81. The monoisotopic (exact) mass is 364 g/mol. The van der Waals surface area contributed by atoms with Crippen molar-refractivity contribution < 1.29 is 4.79 Å². The molecule has 2 heterocycles. The summed E-state index contributed by atoms with van der Waals surface area (Å²) in [6.07, 6.45) is 5.86. The van der Waals surface area contributed by atoms with E-state index in [1.807, 2.05) is 6.92 Å². The van der Waals surface area contributed by atoms with Crippen LogP contribution in [0.5, 0.6) is 0 Å². The molecule has 0 spiro atoms. The van der Waals surface area contributed by atoms with Crippen LogP contribution in [0.3, 0.4) is 0 Å². The first-order valence-electron chi connectivity index (χ1n) is 11.1. The highest BCUT2D eigenvalue weighted by molar-refractivity contribution is 5.75. The molecular formula is C21H40N4O. The van der Waals surface area contributed by atoms with E-state index in [0.29, 0.717) is 6.42 Å². The summed E-state index contributed by atoms with van der Waals surface area (Å²) in [5.74, 6) is 2.70. The molecular weight excluding hydrogens is 324 g/mol. The quantitative estimate of drug-likeness (QED) is 0.678. The van der Waals surface area contributed by atoms with Gasteiger partial charge in [0, 0.05) is 52.2 Å². The van der Waals surface area contributed by atoms with Crippen LogP contribution in [0, 0.1) is 17.8 Å². The van der Waals surface area contributed by atoms with Crippen LogP contribution >= 0.6 is 0 Å². The van der Waals surface area contributed by atoms with Gasteiger partial charge in [0.05, 0.1) is 0 Å². The van der Waals surface area contributed by atoms with Gasteiger partial charge in [-0.1, -0.05) is 13.8 Å². The van der Waals surface area contributed by atoms with Crippen molar-refractivity contribution >= 4 is 5.91 Å². The molecule has 3 rings (SSSR count). The number of nitrogens with zero attached hydrogens (tertiary/aromatic N) is 3. The molecule has 1 saturated carbocycles. The highest BCUT2D eigenvalue weighted by Gasteiger charge is 2.40. The Bertz CT molecular complexity index is 422. The number of likely N-dealkylation sites (tertiary alicyclic amines) is 1. The van der Waals surface area contributed by atoms with Crippen molar-refractivity contribution in [2.24, 2.45) is 17.8 Å². The minimum absolute atomic E-state index is 0.208. The molecule has 5 nitrogen and oxygen atoms in total. The van der Waals surface area contributed by atoms with Crippen LogP contribution < -0.4 is 5.32 Å². The van der Waals surface area contributed by atoms with Gasteiger partial charge < -0.3 is 20.0 Å². The van der Waals surface area contributed by atoms with Crippen molar-refractivity contribution in [1.29, 1.82) is 0 Å². The van der Waals surface area contributed by atoms with Gasteiger partial charge in [0.1, 0.15) is 0 Å². The van der Waals surface area contributed by atoms with Crippen LogP contribution in [-0.2, 0) is 4.79 Å². The first-order chi connectivity index (χ1) is 12.7. The molecule has 2 atom stereocenters. The lowest BCUT2D eigenvalue weighted by Gasteiger charge is -2.34. The average molecular weight is 365 g/mol. The molecule has 3 fully saturated rings. The van der Waals surface area contributed by atoms with E-state index in [1.165, 1.54) is 84.6 Å². The van der Waals surface area contributed by atoms with Gasteiger partial charge in [-0.3, -0.25) is 4.79 Å². The molecule has 0 aromatic heterocycles. The maximum absolute atomic E-state index is 11.4. The van der Waals surface area contributed by atoms with Crippen LogP contribution in [-0.4, -0.2) is 86.1 Å². The van der Waals surface area contributed by atoms with Gasteiger partial charge >= 0.3 is 0 Å². The topological polar surface area (TPSA) is 38.8 Å². The number of hydrogen-bond acceptors (Lipinski definition) is 4. The molecule has 3 aliphatic rings. The Labute approximate surface area is 160 Å². The summed E-state index contributed by atoms with van der Waals surface area (Å²) in [4.78, 5) is 19.4. The van der Waals surface area contributed by atoms with E-state index in [-0.39, 0.29) is 5.91 Å². The number of carbonyl (C=O) groups excluding carboxylic acids is 1. The first-order valence-corrected chi connectivity index (χ1v) is 11.1. The third kappa shape index (κ3) is 5.67. The average Bonchev–Trinajstić information content (AvgIpc) is 3.19. The standard InChI is InChI=1S/C21H40N4O/c1-3-6-23-9-11-24(12-10-23)7-5-8-25-16-19-13-18(14-20(19)17-25)15-22-21(26)4-2/h18-20H,3-17H2,1-2H3,(H,22,26). The first kappa shape index (κ1) is 20.1. The number of nitrogens with one attached hydrogen (secondary N) is 1. The summed E-state index contributed by atoms with van der Waals surface area (Å²) in [7, 11) is 0. The minimum atomic E-state index is 0.208. The molecule has 1 aliphatic carbocycles. The van der Waals surface area contributed by atoms with Gasteiger partial charge in [0.15, 0.2) is 0 Å². The second-order valence-electron chi connectivity index (χ2n) is 8.81. The second kappa shape index (κ2) is 10.0. The Kier molecular flexibility index (Phi) is 7.77. The number of piperazine rings is 1. The summed E-state index contributed by atoms with van der Waals surface area (Å²) in [6.45, 7) is 16.6. The van der Waals surface area contributed by atoms with Crippen molar-refractivity contribution in [3.63, 3.8) is 0 Å². The molecule has 0 aromatic rings. The summed E-state index contributed by atoms with van der Waals surface area (Å²) in [5.41, 5.74) is 0. The Balaban J connectivity index is 1.26. The molecule has 0 radical (unpaired) electrons. The zero-order valence-corrected chi connectivity index (χ0v) is 17.1. The smallest absolute Gasteiger partial charge is 0.219 e. The van der Waals surface area contributed by atoms with Crippen molar-refractivity contribution in [2.45, 2.75) is 46.0 Å². The largest absolute Gasteiger partial charge is 0.356 e. The van der Waals surface area contributed by atoms with Crippen LogP contribution in [0.2, 0.25) is 0 Å². The van der Waals surface area contributed by atoms with Gasteiger partial charge in [-0.15, -0.1) is 0 Å². The fourth-order valence-corrected chi connectivity index (χ4v) is 5.33. The number of fused-ring (bicyclic) bond motifs is 1. The summed E-state index contributed by atoms with van der Waals surface area (Å²) >= 11 is 0. The molecule has 5 heteroatoms. The molecule has 2 unspecified atom stereocenters. The van der Waals surface area contributed by atoms with Crippen molar-refractivity contribution in [3.8, 4) is 0 Å². The lowest BCUT2D eigenvalue weighted by Crippen LogP contribution is -2.47. The van der Waals surface area contributed by atoms with Crippen LogP contribution in [0.4, 0.5) is 0 Å². The van der Waals surface area contributed by atoms with Gasteiger partial charge in [0.2, 0.25) is 5.91 Å². The molecule has 0 aromatic carbocycles. The number of amides is 1.